The van der Waals surface area contributed by atoms with Crippen LogP contribution in [0.25, 0.3) is 0 Å². The molecule has 0 bridgehead atoms. The van der Waals surface area contributed by atoms with Crippen molar-refractivity contribution in [2.45, 2.75) is 38.3 Å². The largest absolute Gasteiger partial charge is 0.481 e. The average molecular weight is 624 g/mol. The van der Waals surface area contributed by atoms with Crippen LogP contribution in [0.3, 0.4) is 0 Å². The van der Waals surface area contributed by atoms with Gasteiger partial charge in [0.15, 0.2) is 10.8 Å². The first-order valence-corrected chi connectivity index (χ1v) is 14.1. The number of morpholine rings is 1. The summed E-state index contributed by atoms with van der Waals surface area (Å²) in [4.78, 5) is 47.3. The third-order valence-corrected chi connectivity index (χ3v) is 7.68. The number of hydrogen-bond acceptors (Lipinski definition) is 10. The highest BCUT2D eigenvalue weighted by Gasteiger charge is 2.35. The van der Waals surface area contributed by atoms with E-state index in [0.29, 0.717) is 64.8 Å². The van der Waals surface area contributed by atoms with Gasteiger partial charge in [-0.3, -0.25) is 19.5 Å². The van der Waals surface area contributed by atoms with Crippen molar-refractivity contribution in [1.29, 1.82) is 0 Å². The number of aliphatic imine (C=N–C) groups is 1. The number of rotatable bonds is 11. The topological polar surface area (TPSA) is 130 Å². The third-order valence-electron chi connectivity index (χ3n) is 6.21. The number of Topliss-reactive ketones (excluding diaryl/α,β-unsaturated/α-hetero) is 1. The molecule has 13 heteroatoms. The molecule has 0 radical (unpaired) electrons. The summed E-state index contributed by atoms with van der Waals surface area (Å²) in [6.07, 6.45) is 1.41. The second-order valence-corrected chi connectivity index (χ2v) is 10.7. The molecule has 1 saturated heterocycles. The fraction of sp³-hybridized carbons (Fsp3) is 0.423. The summed E-state index contributed by atoms with van der Waals surface area (Å²) in [5, 5.41) is 14.6. The fourth-order valence-electron chi connectivity index (χ4n) is 4.47. The molecule has 0 amide bonds. The summed E-state index contributed by atoms with van der Waals surface area (Å²) in [6, 6.07) is 3.46. The van der Waals surface area contributed by atoms with Gasteiger partial charge in [-0.25, -0.2) is 14.2 Å². The molecule has 208 valence electrons. The van der Waals surface area contributed by atoms with Gasteiger partial charge in [0.1, 0.15) is 24.1 Å². The summed E-state index contributed by atoms with van der Waals surface area (Å²) in [5.41, 5.74) is 1.49. The summed E-state index contributed by atoms with van der Waals surface area (Å²) < 4.78 is 25.6. The van der Waals surface area contributed by atoms with Crippen LogP contribution in [0.15, 0.2) is 50.5 Å². The number of amidine groups is 1. The normalized spacial score (nSPS) is 19.8. The Bertz CT molecular complexity index is 1290. The van der Waals surface area contributed by atoms with E-state index in [9.17, 15) is 18.8 Å². The van der Waals surface area contributed by atoms with Crippen LogP contribution in [0, 0.1) is 5.82 Å². The number of nitrogens with zero attached hydrogens (tertiary/aromatic N) is 3. The molecule has 1 aromatic carbocycles. The van der Waals surface area contributed by atoms with Crippen LogP contribution in [0.2, 0.25) is 0 Å². The smallest absolute Gasteiger partial charge is 0.338 e. The highest BCUT2D eigenvalue weighted by Crippen LogP contribution is 2.37. The molecule has 39 heavy (non-hydrogen) atoms. The minimum absolute atomic E-state index is 0.112. The predicted molar refractivity (Wildman–Crippen MR) is 145 cm³/mol. The lowest BCUT2D eigenvalue weighted by molar-refractivity contribution is -0.141. The second kappa shape index (κ2) is 13.4. The van der Waals surface area contributed by atoms with E-state index in [1.807, 2.05) is 5.38 Å². The van der Waals surface area contributed by atoms with Crippen molar-refractivity contribution >= 4 is 50.8 Å². The van der Waals surface area contributed by atoms with E-state index >= 15 is 0 Å². The molecule has 2 atom stereocenters. The molecule has 0 unspecified atom stereocenters. The number of carbonyl (C=O) groups excluding carboxylic acids is 2. The Morgan fingerprint density at radius 3 is 2.87 bits per heavy atom. The quantitative estimate of drug-likeness (QED) is 0.286. The van der Waals surface area contributed by atoms with Crippen molar-refractivity contribution in [3.05, 3.63) is 61.9 Å². The maximum atomic E-state index is 13.9. The van der Waals surface area contributed by atoms with E-state index in [4.69, 9.17) is 19.6 Å². The van der Waals surface area contributed by atoms with Crippen molar-refractivity contribution in [3.63, 3.8) is 0 Å². The molecule has 2 aliphatic heterocycles. The Balaban J connectivity index is 1.64. The molecule has 3 heterocycles. The highest BCUT2D eigenvalue weighted by atomic mass is 79.9. The molecule has 1 fully saturated rings. The zero-order valence-electron chi connectivity index (χ0n) is 21.2. The van der Waals surface area contributed by atoms with Crippen molar-refractivity contribution in [2.75, 3.05) is 32.8 Å². The van der Waals surface area contributed by atoms with Gasteiger partial charge in [0.25, 0.3) is 0 Å². The van der Waals surface area contributed by atoms with Crippen molar-refractivity contribution in [2.24, 2.45) is 4.99 Å². The number of hydrogen-bond donors (Lipinski definition) is 2. The summed E-state index contributed by atoms with van der Waals surface area (Å²) in [5.74, 6) is -1.97. The molecule has 1 aromatic heterocycles. The third kappa shape index (κ3) is 7.56. The molecular weight excluding hydrogens is 595 g/mol. The first kappa shape index (κ1) is 29.0. The van der Waals surface area contributed by atoms with Gasteiger partial charge in [0, 0.05) is 47.8 Å². The van der Waals surface area contributed by atoms with Gasteiger partial charge in [-0.15, -0.1) is 11.3 Å². The lowest BCUT2D eigenvalue weighted by Crippen LogP contribution is -2.46. The van der Waals surface area contributed by atoms with Gasteiger partial charge in [0.2, 0.25) is 0 Å². The summed E-state index contributed by atoms with van der Waals surface area (Å²) >= 11 is 4.82. The van der Waals surface area contributed by atoms with Crippen LogP contribution >= 0.6 is 27.3 Å². The molecule has 2 aromatic rings. The van der Waals surface area contributed by atoms with Gasteiger partial charge in [-0.05, 0) is 31.0 Å². The van der Waals surface area contributed by atoms with Crippen LogP contribution < -0.4 is 5.32 Å². The highest BCUT2D eigenvalue weighted by molar-refractivity contribution is 9.10. The lowest BCUT2D eigenvalue weighted by Gasteiger charge is -2.35. The predicted octanol–water partition coefficient (Wildman–Crippen LogP) is 3.48. The van der Waals surface area contributed by atoms with Crippen LogP contribution in [0.4, 0.5) is 4.39 Å². The maximum Gasteiger partial charge on any atom is 0.338 e. The molecule has 2 aliphatic rings. The molecule has 0 aliphatic carbocycles. The van der Waals surface area contributed by atoms with Gasteiger partial charge in [0.05, 0.1) is 24.9 Å². The van der Waals surface area contributed by atoms with E-state index in [2.05, 4.69) is 31.1 Å². The Labute approximate surface area is 237 Å². The van der Waals surface area contributed by atoms with Crippen LogP contribution in [0.5, 0.6) is 0 Å². The average Bonchev–Trinajstić information content (AvgIpc) is 3.42. The molecular formula is C26H28BrFN4O6S. The van der Waals surface area contributed by atoms with E-state index in [-0.39, 0.29) is 24.9 Å². The Morgan fingerprint density at radius 2 is 2.18 bits per heavy atom. The standard InChI is InChI=1S/C26H28BrFN4O6S/c1-2-37-26(36)22-20(14-32-8-9-38-17(13-32)5-4-16(33)12-21(34)35)30-24(25-29-7-10-39-25)31-23(22)18-6-3-15(28)11-19(18)27/h3,6-7,10-11,17,23H,2,4-5,8-9,12-14H2,1H3,(H,30,31)(H,34,35)/t17-,23+/m1/s1. The van der Waals surface area contributed by atoms with Gasteiger partial charge in [-0.1, -0.05) is 22.0 Å². The molecule has 0 saturated carbocycles. The minimum Gasteiger partial charge on any atom is -0.481 e. The van der Waals surface area contributed by atoms with Crippen LogP contribution in [0.1, 0.15) is 42.8 Å². The summed E-state index contributed by atoms with van der Waals surface area (Å²) in [7, 11) is 0. The zero-order chi connectivity index (χ0) is 27.9. The summed E-state index contributed by atoms with van der Waals surface area (Å²) in [6.45, 7) is 3.70. The maximum absolute atomic E-state index is 13.9. The molecule has 4 rings (SSSR count). The Kier molecular flexibility index (Phi) is 9.94. The number of thiazole rings is 1. The molecule has 10 nitrogen and oxygen atoms in total. The fourth-order valence-corrected chi connectivity index (χ4v) is 5.62. The number of ether oxygens (including phenoxy) is 2. The van der Waals surface area contributed by atoms with E-state index in [1.54, 1.807) is 19.2 Å². The number of benzene rings is 1. The first-order chi connectivity index (χ1) is 18.7. The van der Waals surface area contributed by atoms with Gasteiger partial charge >= 0.3 is 11.9 Å². The van der Waals surface area contributed by atoms with Crippen LogP contribution in [-0.2, 0) is 23.9 Å². The number of carboxylic acids is 1. The van der Waals surface area contributed by atoms with Crippen LogP contribution in [-0.4, -0.2) is 77.5 Å². The Morgan fingerprint density at radius 1 is 1.36 bits per heavy atom. The lowest BCUT2D eigenvalue weighted by atomic mass is 9.95. The van der Waals surface area contributed by atoms with E-state index in [1.165, 1.54) is 23.5 Å². The number of esters is 1. The number of ketones is 1. The number of aromatic nitrogens is 1. The first-order valence-electron chi connectivity index (χ1n) is 12.4. The van der Waals surface area contributed by atoms with Gasteiger partial charge in [-0.2, -0.15) is 0 Å². The van der Waals surface area contributed by atoms with Crippen molar-refractivity contribution in [3.8, 4) is 0 Å². The van der Waals surface area contributed by atoms with E-state index < -0.39 is 30.2 Å². The van der Waals surface area contributed by atoms with Crippen molar-refractivity contribution in [1.82, 2.24) is 15.2 Å². The number of nitrogens with one attached hydrogen (secondary N) is 1. The monoisotopic (exact) mass is 622 g/mol. The second-order valence-electron chi connectivity index (χ2n) is 9.00. The van der Waals surface area contributed by atoms with Crippen molar-refractivity contribution < 1.29 is 33.4 Å². The van der Waals surface area contributed by atoms with E-state index in [0.717, 1.165) is 0 Å². The number of halogens is 2. The number of aliphatic carboxylic acids is 1. The SMILES string of the molecule is CCOC(=O)C1=C(CN2CCO[C@H](CCC(=O)CC(=O)O)C2)NC(c2nccs2)=N[C@H]1c1ccc(F)cc1Br. The Hall–Kier alpha value is -3.00. The molecule has 2 N–H and O–H groups in total. The van der Waals surface area contributed by atoms with Gasteiger partial charge < -0.3 is 19.9 Å². The zero-order valence-corrected chi connectivity index (χ0v) is 23.6. The minimum atomic E-state index is -1.15. The molecule has 0 spiro atoms. The number of carboxylic acid groups (broad SMARTS) is 1. The number of carbonyl (C=O) groups is 3.